The second-order valence-corrected chi connectivity index (χ2v) is 6.69. The fourth-order valence-electron chi connectivity index (χ4n) is 2.96. The van der Waals surface area contributed by atoms with Crippen molar-refractivity contribution in [2.24, 2.45) is 5.73 Å². The first-order valence-corrected chi connectivity index (χ1v) is 8.59. The summed E-state index contributed by atoms with van der Waals surface area (Å²) in [4.78, 5) is 19.1. The van der Waals surface area contributed by atoms with Crippen molar-refractivity contribution >= 4 is 17.2 Å². The van der Waals surface area contributed by atoms with E-state index in [1.54, 1.807) is 0 Å². The highest BCUT2D eigenvalue weighted by Gasteiger charge is 2.29. The third-order valence-electron chi connectivity index (χ3n) is 4.17. The molecule has 1 atom stereocenters. The summed E-state index contributed by atoms with van der Waals surface area (Å²) < 4.78 is 0. The number of likely N-dealkylation sites (tertiary alicyclic amines) is 1. The molecule has 1 amide bonds. The molecule has 1 aliphatic rings. The van der Waals surface area contributed by atoms with Crippen molar-refractivity contribution in [1.82, 2.24) is 9.88 Å². The Morgan fingerprint density at radius 2 is 2.14 bits per heavy atom. The van der Waals surface area contributed by atoms with E-state index in [0.29, 0.717) is 12.2 Å². The van der Waals surface area contributed by atoms with Gasteiger partial charge < -0.3 is 10.6 Å². The lowest BCUT2D eigenvalue weighted by Crippen LogP contribution is -2.38. The number of piperidine rings is 1. The highest BCUT2D eigenvalue weighted by atomic mass is 32.1. The number of carbonyl (C=O) groups is 1. The quantitative estimate of drug-likeness (QED) is 0.945. The number of nitrogens with zero attached hydrogens (tertiary/aromatic N) is 2. The van der Waals surface area contributed by atoms with Gasteiger partial charge in [0.1, 0.15) is 10.7 Å². The molecule has 22 heavy (non-hydrogen) atoms. The van der Waals surface area contributed by atoms with Crippen LogP contribution in [0.25, 0.3) is 0 Å². The molecule has 1 aromatic carbocycles. The normalized spacial score (nSPS) is 18.5. The predicted octanol–water partition coefficient (Wildman–Crippen LogP) is 3.28. The number of hydrogen-bond acceptors (Lipinski definition) is 4. The number of thiazole rings is 1. The minimum atomic E-state index is 0.0289. The summed E-state index contributed by atoms with van der Waals surface area (Å²) >= 11 is 1.46. The Morgan fingerprint density at radius 3 is 2.82 bits per heavy atom. The van der Waals surface area contributed by atoms with Crippen LogP contribution < -0.4 is 5.73 Å². The van der Waals surface area contributed by atoms with Gasteiger partial charge in [0.15, 0.2) is 0 Å². The van der Waals surface area contributed by atoms with E-state index in [1.807, 2.05) is 10.3 Å². The highest BCUT2D eigenvalue weighted by molar-refractivity contribution is 7.09. The number of benzene rings is 1. The van der Waals surface area contributed by atoms with Gasteiger partial charge in [-0.2, -0.15) is 0 Å². The van der Waals surface area contributed by atoms with Gasteiger partial charge >= 0.3 is 0 Å². The van der Waals surface area contributed by atoms with Gasteiger partial charge in [-0.25, -0.2) is 4.98 Å². The molecule has 0 bridgehead atoms. The fourth-order valence-corrected chi connectivity index (χ4v) is 3.61. The molecular weight excluding hydrogens is 294 g/mol. The molecule has 3 rings (SSSR count). The fraction of sp³-hybridized carbons (Fsp3) is 0.412. The third kappa shape index (κ3) is 3.05. The lowest BCUT2D eigenvalue weighted by Gasteiger charge is -2.35. The number of aromatic nitrogens is 1. The van der Waals surface area contributed by atoms with Gasteiger partial charge in [0.25, 0.3) is 5.91 Å². The molecule has 4 nitrogen and oxygen atoms in total. The van der Waals surface area contributed by atoms with Crippen LogP contribution in [0.3, 0.4) is 0 Å². The summed E-state index contributed by atoms with van der Waals surface area (Å²) in [5, 5.41) is 2.64. The number of nitrogens with two attached hydrogens (primary N) is 1. The number of aryl methyl sites for hydroxylation is 1. The molecule has 1 fully saturated rings. The van der Waals surface area contributed by atoms with Crippen molar-refractivity contribution < 1.29 is 4.79 Å². The van der Waals surface area contributed by atoms with Crippen LogP contribution in [0.15, 0.2) is 29.6 Å². The van der Waals surface area contributed by atoms with E-state index < -0.39 is 0 Å². The number of carbonyl (C=O) groups excluding carboxylic acids is 1. The zero-order valence-electron chi connectivity index (χ0n) is 12.8. The first-order chi connectivity index (χ1) is 10.7. The second kappa shape index (κ2) is 6.58. The van der Waals surface area contributed by atoms with Crippen LogP contribution in [0.5, 0.6) is 0 Å². The molecular formula is C17H21N3OS. The molecule has 0 radical (unpaired) electrons. The zero-order valence-corrected chi connectivity index (χ0v) is 13.6. The monoisotopic (exact) mass is 315 g/mol. The lowest BCUT2D eigenvalue weighted by atomic mass is 9.94. The van der Waals surface area contributed by atoms with E-state index in [9.17, 15) is 4.79 Å². The van der Waals surface area contributed by atoms with E-state index in [0.717, 1.165) is 30.8 Å². The number of rotatable bonds is 3. The molecule has 0 spiro atoms. The summed E-state index contributed by atoms with van der Waals surface area (Å²) in [5.74, 6) is 0.0289. The first-order valence-electron chi connectivity index (χ1n) is 7.71. The van der Waals surface area contributed by atoms with E-state index in [2.05, 4.69) is 36.2 Å². The molecule has 2 aromatic rings. The van der Waals surface area contributed by atoms with Crippen LogP contribution in [-0.4, -0.2) is 22.3 Å². The van der Waals surface area contributed by atoms with Crippen LogP contribution >= 0.6 is 11.3 Å². The first kappa shape index (κ1) is 15.2. The van der Waals surface area contributed by atoms with Crippen LogP contribution in [-0.2, 0) is 6.54 Å². The topological polar surface area (TPSA) is 59.2 Å². The van der Waals surface area contributed by atoms with Gasteiger partial charge in [-0.05, 0) is 31.7 Å². The molecule has 1 unspecified atom stereocenters. The average molecular weight is 315 g/mol. The zero-order chi connectivity index (χ0) is 15.5. The molecule has 1 aliphatic heterocycles. The Bertz CT molecular complexity index is 650. The van der Waals surface area contributed by atoms with Crippen LogP contribution in [0.1, 0.15) is 51.9 Å². The summed E-state index contributed by atoms with van der Waals surface area (Å²) in [5.41, 5.74) is 8.59. The van der Waals surface area contributed by atoms with E-state index in [-0.39, 0.29) is 11.9 Å². The van der Waals surface area contributed by atoms with Crippen LogP contribution in [0.4, 0.5) is 0 Å². The highest BCUT2D eigenvalue weighted by Crippen LogP contribution is 2.32. The van der Waals surface area contributed by atoms with E-state index in [1.165, 1.54) is 22.5 Å². The van der Waals surface area contributed by atoms with Crippen molar-refractivity contribution in [3.63, 3.8) is 0 Å². The molecule has 1 aromatic heterocycles. The van der Waals surface area contributed by atoms with Crippen molar-refractivity contribution in [3.05, 3.63) is 51.5 Å². The average Bonchev–Trinajstić information content (AvgIpc) is 3.04. The molecule has 0 saturated carbocycles. The molecule has 0 aliphatic carbocycles. The summed E-state index contributed by atoms with van der Waals surface area (Å²) in [6, 6.07) is 8.66. The summed E-state index contributed by atoms with van der Waals surface area (Å²) in [6.45, 7) is 3.27. The number of amides is 1. The van der Waals surface area contributed by atoms with Crippen molar-refractivity contribution in [2.45, 2.75) is 38.8 Å². The van der Waals surface area contributed by atoms with Gasteiger partial charge in [-0.15, -0.1) is 11.3 Å². The summed E-state index contributed by atoms with van der Waals surface area (Å²) in [7, 11) is 0. The van der Waals surface area contributed by atoms with Crippen LogP contribution in [0.2, 0.25) is 0 Å². The third-order valence-corrected chi connectivity index (χ3v) is 5.04. The molecule has 116 valence electrons. The minimum Gasteiger partial charge on any atom is -0.330 e. The van der Waals surface area contributed by atoms with Crippen molar-refractivity contribution in [1.29, 1.82) is 0 Å². The van der Waals surface area contributed by atoms with Crippen molar-refractivity contribution in [2.75, 3.05) is 6.54 Å². The molecule has 5 heteroatoms. The van der Waals surface area contributed by atoms with Gasteiger partial charge in [0.2, 0.25) is 0 Å². The van der Waals surface area contributed by atoms with E-state index in [4.69, 9.17) is 5.73 Å². The maximum absolute atomic E-state index is 12.8. The predicted molar refractivity (Wildman–Crippen MR) is 88.8 cm³/mol. The summed E-state index contributed by atoms with van der Waals surface area (Å²) in [6.07, 6.45) is 3.23. The smallest absolute Gasteiger partial charge is 0.273 e. The van der Waals surface area contributed by atoms with Gasteiger partial charge in [-0.3, -0.25) is 4.79 Å². The molecule has 1 saturated heterocycles. The molecule has 2 N–H and O–H groups in total. The largest absolute Gasteiger partial charge is 0.330 e. The molecule has 2 heterocycles. The Hall–Kier alpha value is -1.72. The van der Waals surface area contributed by atoms with Gasteiger partial charge in [0.05, 0.1) is 6.04 Å². The minimum absolute atomic E-state index is 0.0289. The standard InChI is InChI=1S/C17H21N3OS/c1-12-5-7-13(8-6-12)15-4-2-3-9-20(15)17(21)14-11-22-16(10-18)19-14/h5-8,11,15H,2-4,9-10,18H2,1H3. The second-order valence-electron chi connectivity index (χ2n) is 5.75. The SMILES string of the molecule is Cc1ccc(C2CCCCN2C(=O)c2csc(CN)n2)cc1. The van der Waals surface area contributed by atoms with Gasteiger partial charge in [-0.1, -0.05) is 29.8 Å². The maximum atomic E-state index is 12.8. The lowest BCUT2D eigenvalue weighted by molar-refractivity contribution is 0.0606. The number of hydrogen-bond donors (Lipinski definition) is 1. The van der Waals surface area contributed by atoms with Crippen LogP contribution in [0, 0.1) is 6.92 Å². The Balaban J connectivity index is 1.85. The Labute approximate surface area is 135 Å². The Kier molecular flexibility index (Phi) is 4.55. The Morgan fingerprint density at radius 1 is 1.36 bits per heavy atom. The van der Waals surface area contributed by atoms with E-state index >= 15 is 0 Å². The van der Waals surface area contributed by atoms with Crippen molar-refractivity contribution in [3.8, 4) is 0 Å². The van der Waals surface area contributed by atoms with Gasteiger partial charge in [0, 0.05) is 18.5 Å². The maximum Gasteiger partial charge on any atom is 0.273 e.